The van der Waals surface area contributed by atoms with Crippen LogP contribution in [0.4, 0.5) is 0 Å². The lowest BCUT2D eigenvalue weighted by Crippen LogP contribution is -2.26. The Morgan fingerprint density at radius 3 is 2.45 bits per heavy atom. The molecule has 102 valence electrons. The number of nitrogens with two attached hydrogens (primary N) is 1. The zero-order valence-electron chi connectivity index (χ0n) is 10.1. The van der Waals surface area contributed by atoms with Crippen molar-refractivity contribution < 1.29 is 19.4 Å². The summed E-state index contributed by atoms with van der Waals surface area (Å²) in [7, 11) is 0. The first-order valence-electron chi connectivity index (χ1n) is 5.49. The number of amides is 1. The molecule has 0 saturated carbocycles. The maximum absolute atomic E-state index is 11.4. The van der Waals surface area contributed by atoms with E-state index < -0.39 is 18.0 Å². The highest BCUT2D eigenvalue weighted by atomic mass is 16.5. The molecule has 0 aliphatic heterocycles. The Morgan fingerprint density at radius 1 is 1.25 bits per heavy atom. The molecular weight excluding hydrogens is 264 g/mol. The number of carbonyl (C=O) groups is 2. The average Bonchev–Trinajstić information content (AvgIpc) is 2.46. The Hall–Kier alpha value is -3.03. The van der Waals surface area contributed by atoms with E-state index in [1.165, 1.54) is 6.20 Å². The lowest BCUT2D eigenvalue weighted by atomic mass is 10.1. The van der Waals surface area contributed by atoms with Gasteiger partial charge in [0, 0.05) is 30.4 Å². The maximum Gasteiger partial charge on any atom is 0.338 e. The number of carboxylic acid groups (broad SMARTS) is 1. The number of nitrogens with zero attached hydrogens (tertiary/aromatic N) is 3. The molecule has 0 spiro atoms. The van der Waals surface area contributed by atoms with Gasteiger partial charge in [-0.3, -0.25) is 9.78 Å². The zero-order chi connectivity index (χ0) is 14.5. The lowest BCUT2D eigenvalue weighted by Gasteiger charge is -2.14. The monoisotopic (exact) mass is 274 g/mol. The Bertz CT molecular complexity index is 615. The van der Waals surface area contributed by atoms with Gasteiger partial charge in [0.1, 0.15) is 0 Å². The van der Waals surface area contributed by atoms with Crippen molar-refractivity contribution in [2.75, 3.05) is 0 Å². The third-order valence-corrected chi connectivity index (χ3v) is 2.34. The van der Waals surface area contributed by atoms with Crippen LogP contribution in [-0.2, 0) is 4.79 Å². The van der Waals surface area contributed by atoms with Gasteiger partial charge in [-0.2, -0.15) is 0 Å². The first-order chi connectivity index (χ1) is 9.58. The van der Waals surface area contributed by atoms with E-state index in [0.717, 1.165) is 12.4 Å². The predicted octanol–water partition coefficient (Wildman–Crippen LogP) is 0.175. The van der Waals surface area contributed by atoms with Crippen molar-refractivity contribution in [3.05, 3.63) is 48.0 Å². The van der Waals surface area contributed by atoms with Gasteiger partial charge in [-0.1, -0.05) is 6.07 Å². The van der Waals surface area contributed by atoms with E-state index in [0.29, 0.717) is 5.56 Å². The summed E-state index contributed by atoms with van der Waals surface area (Å²) in [5, 5.41) is 8.72. The molecule has 2 rings (SSSR count). The van der Waals surface area contributed by atoms with E-state index in [1.807, 2.05) is 0 Å². The van der Waals surface area contributed by atoms with Crippen molar-refractivity contribution in [2.45, 2.75) is 6.10 Å². The molecule has 1 amide bonds. The van der Waals surface area contributed by atoms with Gasteiger partial charge in [0.2, 0.25) is 6.10 Å². The van der Waals surface area contributed by atoms with Crippen LogP contribution >= 0.6 is 0 Å². The third kappa shape index (κ3) is 3.05. The molecule has 2 aromatic heterocycles. The van der Waals surface area contributed by atoms with E-state index in [1.54, 1.807) is 18.3 Å². The number of primary amides is 1. The summed E-state index contributed by atoms with van der Waals surface area (Å²) >= 11 is 0. The molecule has 8 heteroatoms. The first kappa shape index (κ1) is 13.4. The number of ether oxygens (including phenoxy) is 1. The maximum atomic E-state index is 11.4. The highest BCUT2D eigenvalue weighted by Gasteiger charge is 2.21. The van der Waals surface area contributed by atoms with Crippen LogP contribution in [0.5, 0.6) is 6.01 Å². The molecule has 0 aliphatic rings. The molecule has 8 nitrogen and oxygen atoms in total. The fourth-order valence-corrected chi connectivity index (χ4v) is 1.41. The molecule has 20 heavy (non-hydrogen) atoms. The number of hydrogen-bond donors (Lipinski definition) is 2. The number of aromatic nitrogens is 3. The van der Waals surface area contributed by atoms with Crippen molar-refractivity contribution in [3.63, 3.8) is 0 Å². The summed E-state index contributed by atoms with van der Waals surface area (Å²) in [6, 6.07) is 3.10. The van der Waals surface area contributed by atoms with Crippen molar-refractivity contribution in [2.24, 2.45) is 5.73 Å². The highest BCUT2D eigenvalue weighted by molar-refractivity contribution is 5.86. The minimum Gasteiger partial charge on any atom is -0.478 e. The van der Waals surface area contributed by atoms with Crippen LogP contribution in [0.15, 0.2) is 36.9 Å². The molecule has 2 aromatic rings. The predicted molar refractivity (Wildman–Crippen MR) is 65.8 cm³/mol. The van der Waals surface area contributed by atoms with Crippen molar-refractivity contribution in [1.82, 2.24) is 15.0 Å². The van der Waals surface area contributed by atoms with Crippen LogP contribution in [0.3, 0.4) is 0 Å². The fraction of sp³-hybridized carbons (Fsp3) is 0.0833. The van der Waals surface area contributed by atoms with E-state index in [9.17, 15) is 9.59 Å². The minimum atomic E-state index is -1.16. The van der Waals surface area contributed by atoms with Gasteiger partial charge in [0.05, 0.1) is 5.56 Å². The van der Waals surface area contributed by atoms with E-state index in [-0.39, 0.29) is 11.6 Å². The number of pyridine rings is 1. The molecule has 1 unspecified atom stereocenters. The summed E-state index contributed by atoms with van der Waals surface area (Å²) < 4.78 is 5.27. The zero-order valence-corrected chi connectivity index (χ0v) is 10.1. The quantitative estimate of drug-likeness (QED) is 0.795. The largest absolute Gasteiger partial charge is 0.478 e. The van der Waals surface area contributed by atoms with Crippen LogP contribution in [0, 0.1) is 0 Å². The van der Waals surface area contributed by atoms with E-state index >= 15 is 0 Å². The van der Waals surface area contributed by atoms with Crippen LogP contribution in [-0.4, -0.2) is 31.9 Å². The van der Waals surface area contributed by atoms with Gasteiger partial charge >= 0.3 is 12.0 Å². The Labute approximate surface area is 113 Å². The molecule has 1 atom stereocenters. The van der Waals surface area contributed by atoms with Crippen LogP contribution in [0.2, 0.25) is 0 Å². The van der Waals surface area contributed by atoms with Gasteiger partial charge < -0.3 is 15.6 Å². The van der Waals surface area contributed by atoms with Crippen molar-refractivity contribution in [3.8, 4) is 6.01 Å². The van der Waals surface area contributed by atoms with Gasteiger partial charge in [-0.25, -0.2) is 14.8 Å². The van der Waals surface area contributed by atoms with Crippen molar-refractivity contribution >= 4 is 11.9 Å². The molecule has 0 radical (unpaired) electrons. The van der Waals surface area contributed by atoms with Crippen molar-refractivity contribution in [1.29, 1.82) is 0 Å². The summed E-state index contributed by atoms with van der Waals surface area (Å²) in [5.41, 5.74) is 5.61. The summed E-state index contributed by atoms with van der Waals surface area (Å²) in [5.74, 6) is -1.89. The number of hydrogen-bond acceptors (Lipinski definition) is 6. The highest BCUT2D eigenvalue weighted by Crippen LogP contribution is 2.17. The minimum absolute atomic E-state index is 0.0886. The molecule has 0 fully saturated rings. The van der Waals surface area contributed by atoms with E-state index in [2.05, 4.69) is 15.0 Å². The molecule has 0 aliphatic carbocycles. The smallest absolute Gasteiger partial charge is 0.338 e. The van der Waals surface area contributed by atoms with Gasteiger partial charge in [-0.15, -0.1) is 0 Å². The molecule has 0 bridgehead atoms. The molecule has 3 N–H and O–H groups in total. The normalized spacial score (nSPS) is 11.6. The molecule has 2 heterocycles. The fourth-order valence-electron chi connectivity index (χ4n) is 1.41. The number of carboxylic acids is 1. The first-order valence-corrected chi connectivity index (χ1v) is 5.49. The van der Waals surface area contributed by atoms with Crippen LogP contribution in [0.25, 0.3) is 0 Å². The van der Waals surface area contributed by atoms with Crippen LogP contribution in [0.1, 0.15) is 22.0 Å². The second-order valence-corrected chi connectivity index (χ2v) is 3.75. The average molecular weight is 274 g/mol. The Balaban J connectivity index is 2.21. The number of rotatable bonds is 5. The van der Waals surface area contributed by atoms with E-state index in [4.69, 9.17) is 15.6 Å². The molecular formula is C12H10N4O4. The van der Waals surface area contributed by atoms with Gasteiger partial charge in [-0.05, 0) is 6.07 Å². The standard InChI is InChI=1S/C12H10N4O4/c13-10(17)9(7-2-1-3-14-4-7)20-12-15-5-8(6-16-12)11(18)19/h1-6,9H,(H2,13,17)(H,18,19). The SMILES string of the molecule is NC(=O)C(Oc1ncc(C(=O)O)cn1)c1cccnc1. The van der Waals surface area contributed by atoms with Gasteiger partial charge in [0.15, 0.2) is 0 Å². The number of aromatic carboxylic acids is 1. The van der Waals surface area contributed by atoms with Crippen LogP contribution < -0.4 is 10.5 Å². The molecule has 0 aromatic carbocycles. The number of carbonyl (C=O) groups excluding carboxylic acids is 1. The summed E-state index contributed by atoms with van der Waals surface area (Å²) in [6.45, 7) is 0. The van der Waals surface area contributed by atoms with Gasteiger partial charge in [0.25, 0.3) is 5.91 Å². The molecule has 0 saturated heterocycles. The lowest BCUT2D eigenvalue weighted by molar-refractivity contribution is -0.125. The summed E-state index contributed by atoms with van der Waals surface area (Å²) in [6.07, 6.45) is 4.03. The second-order valence-electron chi connectivity index (χ2n) is 3.75. The Morgan fingerprint density at radius 2 is 1.95 bits per heavy atom. The third-order valence-electron chi connectivity index (χ3n) is 2.34. The summed E-state index contributed by atoms with van der Waals surface area (Å²) in [4.78, 5) is 33.3. The second kappa shape index (κ2) is 5.74. The topological polar surface area (TPSA) is 128 Å². The Kier molecular flexibility index (Phi) is 3.85.